The lowest BCUT2D eigenvalue weighted by Crippen LogP contribution is -2.49. The molecule has 3 heteroatoms. The Morgan fingerprint density at radius 1 is 1.15 bits per heavy atom. The van der Waals surface area contributed by atoms with Gasteiger partial charge in [-0.2, -0.15) is 0 Å². The molecule has 0 aliphatic rings. The highest BCUT2D eigenvalue weighted by molar-refractivity contribution is 7.80. The van der Waals surface area contributed by atoms with E-state index < -0.39 is 0 Å². The average Bonchev–Trinajstić information content (AvgIpc) is 1.80. The minimum Gasteiger partial charge on any atom is -0.366 e. The maximum Gasteiger partial charge on any atom is 0.166 e. The SMILES string of the molecule is CNC(=S)NC(C)(C)CC(C)(C)C. The van der Waals surface area contributed by atoms with Crippen molar-refractivity contribution in [3.8, 4) is 0 Å². The monoisotopic (exact) mass is 202 g/mol. The van der Waals surface area contributed by atoms with Crippen LogP contribution < -0.4 is 10.6 Å². The van der Waals surface area contributed by atoms with E-state index >= 15 is 0 Å². The molecule has 0 saturated heterocycles. The summed E-state index contributed by atoms with van der Waals surface area (Å²) in [6.45, 7) is 11.0. The summed E-state index contributed by atoms with van der Waals surface area (Å²) in [4.78, 5) is 0. The first-order chi connectivity index (χ1) is 5.66. The summed E-state index contributed by atoms with van der Waals surface area (Å²) in [5.41, 5.74) is 0.373. The van der Waals surface area contributed by atoms with E-state index in [1.807, 2.05) is 7.05 Å². The predicted octanol–water partition coefficient (Wildman–Crippen LogP) is 2.30. The summed E-state index contributed by atoms with van der Waals surface area (Å²) >= 11 is 5.07. The van der Waals surface area contributed by atoms with Crippen LogP contribution in [0, 0.1) is 5.41 Å². The number of rotatable bonds is 2. The smallest absolute Gasteiger partial charge is 0.166 e. The summed E-state index contributed by atoms with van der Waals surface area (Å²) in [7, 11) is 1.84. The van der Waals surface area contributed by atoms with Crippen LogP contribution in [0.2, 0.25) is 0 Å². The van der Waals surface area contributed by atoms with Gasteiger partial charge in [0.05, 0.1) is 0 Å². The van der Waals surface area contributed by atoms with Gasteiger partial charge in [0.1, 0.15) is 0 Å². The van der Waals surface area contributed by atoms with Gasteiger partial charge >= 0.3 is 0 Å². The third-order valence-corrected chi connectivity index (χ3v) is 1.96. The standard InChI is InChI=1S/C10H22N2S/c1-9(2,3)7-10(4,5)12-8(13)11-6/h7H2,1-6H3,(H2,11,12,13). The quantitative estimate of drug-likeness (QED) is 0.672. The lowest BCUT2D eigenvalue weighted by Gasteiger charge is -2.34. The maximum atomic E-state index is 5.07. The Morgan fingerprint density at radius 2 is 1.62 bits per heavy atom. The average molecular weight is 202 g/mol. The molecule has 0 aromatic carbocycles. The molecule has 0 atom stereocenters. The summed E-state index contributed by atoms with van der Waals surface area (Å²) in [6, 6.07) is 0. The van der Waals surface area contributed by atoms with E-state index in [1.54, 1.807) is 0 Å². The van der Waals surface area contributed by atoms with Crippen molar-refractivity contribution in [1.29, 1.82) is 0 Å². The normalized spacial score (nSPS) is 12.5. The van der Waals surface area contributed by atoms with Crippen LogP contribution in [0.5, 0.6) is 0 Å². The Labute approximate surface area is 87.5 Å². The Balaban J connectivity index is 4.16. The number of nitrogens with one attached hydrogen (secondary N) is 2. The number of hydrogen-bond donors (Lipinski definition) is 2. The topological polar surface area (TPSA) is 24.1 Å². The van der Waals surface area contributed by atoms with Gasteiger partial charge in [-0.25, -0.2) is 0 Å². The fraction of sp³-hybridized carbons (Fsp3) is 0.900. The van der Waals surface area contributed by atoms with Gasteiger partial charge in [0.15, 0.2) is 5.11 Å². The first-order valence-electron chi connectivity index (χ1n) is 4.66. The highest BCUT2D eigenvalue weighted by Gasteiger charge is 2.25. The lowest BCUT2D eigenvalue weighted by molar-refractivity contribution is 0.267. The van der Waals surface area contributed by atoms with Crippen molar-refractivity contribution >= 4 is 17.3 Å². The third kappa shape index (κ3) is 6.82. The van der Waals surface area contributed by atoms with Gasteiger partial charge in [-0.3, -0.25) is 0 Å². The zero-order chi connectivity index (χ0) is 10.7. The Morgan fingerprint density at radius 3 is 1.92 bits per heavy atom. The maximum absolute atomic E-state index is 5.07. The molecule has 0 unspecified atom stereocenters. The van der Waals surface area contributed by atoms with Crippen molar-refractivity contribution in [2.45, 2.75) is 46.6 Å². The highest BCUT2D eigenvalue weighted by Crippen LogP contribution is 2.26. The van der Waals surface area contributed by atoms with E-state index in [1.165, 1.54) is 0 Å². The fourth-order valence-electron chi connectivity index (χ4n) is 1.74. The van der Waals surface area contributed by atoms with E-state index in [9.17, 15) is 0 Å². The van der Waals surface area contributed by atoms with Crippen LogP contribution in [0.25, 0.3) is 0 Å². The van der Waals surface area contributed by atoms with E-state index in [-0.39, 0.29) is 5.54 Å². The number of hydrogen-bond acceptors (Lipinski definition) is 1. The van der Waals surface area contributed by atoms with E-state index in [0.717, 1.165) is 6.42 Å². The van der Waals surface area contributed by atoms with Crippen LogP contribution in [0.4, 0.5) is 0 Å². The van der Waals surface area contributed by atoms with Crippen LogP contribution in [-0.2, 0) is 0 Å². The minimum atomic E-state index is 0.0539. The molecule has 0 spiro atoms. The van der Waals surface area contributed by atoms with Crippen molar-refractivity contribution < 1.29 is 0 Å². The summed E-state index contributed by atoms with van der Waals surface area (Å²) < 4.78 is 0. The zero-order valence-electron chi connectivity index (χ0n) is 9.62. The van der Waals surface area contributed by atoms with Crippen LogP contribution in [0.3, 0.4) is 0 Å². The molecule has 0 amide bonds. The second-order valence-electron chi connectivity index (χ2n) is 5.33. The van der Waals surface area contributed by atoms with E-state index in [4.69, 9.17) is 12.2 Å². The molecule has 0 bridgehead atoms. The predicted molar refractivity (Wildman–Crippen MR) is 62.9 cm³/mol. The molecule has 0 rings (SSSR count). The highest BCUT2D eigenvalue weighted by atomic mass is 32.1. The number of thiocarbonyl (C=S) groups is 1. The van der Waals surface area contributed by atoms with Crippen LogP contribution >= 0.6 is 12.2 Å². The molecule has 0 aliphatic heterocycles. The molecule has 0 aromatic heterocycles. The second kappa shape index (κ2) is 4.27. The van der Waals surface area contributed by atoms with Crippen molar-refractivity contribution in [3.63, 3.8) is 0 Å². The Bertz CT molecular complexity index is 180. The van der Waals surface area contributed by atoms with Crippen LogP contribution in [-0.4, -0.2) is 17.7 Å². The van der Waals surface area contributed by atoms with Gasteiger partial charge in [0.25, 0.3) is 0 Å². The molecule has 78 valence electrons. The molecular formula is C10H22N2S. The summed E-state index contributed by atoms with van der Waals surface area (Å²) in [6.07, 6.45) is 1.09. The van der Waals surface area contributed by atoms with E-state index in [2.05, 4.69) is 45.3 Å². The molecule has 0 fully saturated rings. The van der Waals surface area contributed by atoms with Gasteiger partial charge in [-0.15, -0.1) is 0 Å². The molecule has 2 N–H and O–H groups in total. The molecule has 13 heavy (non-hydrogen) atoms. The van der Waals surface area contributed by atoms with Gasteiger partial charge in [-0.05, 0) is 37.9 Å². The minimum absolute atomic E-state index is 0.0539. The summed E-state index contributed by atoms with van der Waals surface area (Å²) in [5, 5.41) is 6.93. The fourth-order valence-corrected chi connectivity index (χ4v) is 2.02. The zero-order valence-corrected chi connectivity index (χ0v) is 10.4. The van der Waals surface area contributed by atoms with Gasteiger partial charge in [0.2, 0.25) is 0 Å². The van der Waals surface area contributed by atoms with Crippen molar-refractivity contribution in [2.24, 2.45) is 5.41 Å². The molecule has 0 radical (unpaired) electrons. The van der Waals surface area contributed by atoms with Crippen molar-refractivity contribution in [1.82, 2.24) is 10.6 Å². The summed E-state index contributed by atoms with van der Waals surface area (Å²) in [5.74, 6) is 0. The second-order valence-corrected chi connectivity index (χ2v) is 5.73. The third-order valence-electron chi connectivity index (χ3n) is 1.65. The van der Waals surface area contributed by atoms with E-state index in [0.29, 0.717) is 10.5 Å². The molecular weight excluding hydrogens is 180 g/mol. The molecule has 0 saturated carbocycles. The van der Waals surface area contributed by atoms with Gasteiger partial charge in [0, 0.05) is 12.6 Å². The Kier molecular flexibility index (Phi) is 4.17. The molecule has 0 heterocycles. The van der Waals surface area contributed by atoms with Crippen LogP contribution in [0.1, 0.15) is 41.0 Å². The lowest BCUT2D eigenvalue weighted by atomic mass is 9.82. The van der Waals surface area contributed by atoms with Crippen molar-refractivity contribution in [3.05, 3.63) is 0 Å². The van der Waals surface area contributed by atoms with Crippen molar-refractivity contribution in [2.75, 3.05) is 7.05 Å². The first-order valence-corrected chi connectivity index (χ1v) is 5.07. The molecule has 2 nitrogen and oxygen atoms in total. The van der Waals surface area contributed by atoms with Crippen LogP contribution in [0.15, 0.2) is 0 Å². The molecule has 0 aromatic rings. The Hall–Kier alpha value is -0.310. The largest absolute Gasteiger partial charge is 0.366 e. The molecule has 0 aliphatic carbocycles. The first kappa shape index (κ1) is 12.7. The van der Waals surface area contributed by atoms with Gasteiger partial charge < -0.3 is 10.6 Å². The van der Waals surface area contributed by atoms with Gasteiger partial charge in [-0.1, -0.05) is 20.8 Å².